The Labute approximate surface area is 82.6 Å². The fraction of sp³-hybridized carbons (Fsp3) is 0.364. The van der Waals surface area contributed by atoms with E-state index in [1.54, 1.807) is 6.07 Å². The minimum Gasteiger partial charge on any atom is -0.485 e. The molecular weight excluding hydrogens is 180 g/mol. The Kier molecular flexibility index (Phi) is 2.50. The van der Waals surface area contributed by atoms with Crippen molar-refractivity contribution in [3.05, 3.63) is 29.3 Å². The number of hydrogen-bond acceptors (Lipinski definition) is 3. The summed E-state index contributed by atoms with van der Waals surface area (Å²) in [4.78, 5) is 10.5. The first kappa shape index (κ1) is 9.21. The molecule has 3 heteroatoms. The molecule has 1 fully saturated rings. The number of aldehydes is 1. The van der Waals surface area contributed by atoms with Crippen LogP contribution in [-0.2, 0) is 4.74 Å². The number of benzene rings is 1. The van der Waals surface area contributed by atoms with Crippen molar-refractivity contribution in [1.82, 2.24) is 0 Å². The Morgan fingerprint density at radius 2 is 2.29 bits per heavy atom. The maximum atomic E-state index is 10.5. The number of hydrogen-bond donors (Lipinski definition) is 0. The van der Waals surface area contributed by atoms with Crippen LogP contribution in [0.3, 0.4) is 0 Å². The average Bonchev–Trinajstić information content (AvgIpc) is 2.13. The van der Waals surface area contributed by atoms with Gasteiger partial charge in [0.05, 0.1) is 13.2 Å². The van der Waals surface area contributed by atoms with Crippen molar-refractivity contribution >= 4 is 6.29 Å². The maximum Gasteiger partial charge on any atom is 0.150 e. The Bertz CT molecular complexity index is 342. The molecule has 1 heterocycles. The summed E-state index contributed by atoms with van der Waals surface area (Å²) in [5.41, 5.74) is 1.67. The molecule has 1 aliphatic heterocycles. The molecule has 74 valence electrons. The van der Waals surface area contributed by atoms with Gasteiger partial charge in [-0.3, -0.25) is 4.79 Å². The van der Waals surface area contributed by atoms with E-state index in [9.17, 15) is 4.79 Å². The Morgan fingerprint density at radius 1 is 1.50 bits per heavy atom. The van der Waals surface area contributed by atoms with E-state index in [-0.39, 0.29) is 6.10 Å². The highest BCUT2D eigenvalue weighted by atomic mass is 16.6. The molecule has 1 saturated heterocycles. The average molecular weight is 192 g/mol. The number of carbonyl (C=O) groups excluding carboxylic acids is 1. The lowest BCUT2D eigenvalue weighted by molar-refractivity contribution is -0.0799. The SMILES string of the molecule is Cc1cc(C=O)ccc1OC1COC1. The van der Waals surface area contributed by atoms with Gasteiger partial charge in [-0.2, -0.15) is 0 Å². The van der Waals surface area contributed by atoms with Crippen LogP contribution in [0.1, 0.15) is 15.9 Å². The molecule has 0 bridgehead atoms. The van der Waals surface area contributed by atoms with Crippen molar-refractivity contribution in [3.63, 3.8) is 0 Å². The highest BCUT2D eigenvalue weighted by Crippen LogP contribution is 2.21. The smallest absolute Gasteiger partial charge is 0.150 e. The molecule has 14 heavy (non-hydrogen) atoms. The molecule has 0 amide bonds. The van der Waals surface area contributed by atoms with E-state index >= 15 is 0 Å². The van der Waals surface area contributed by atoms with Crippen LogP contribution < -0.4 is 4.74 Å². The molecule has 0 unspecified atom stereocenters. The van der Waals surface area contributed by atoms with Crippen LogP contribution in [0.25, 0.3) is 0 Å². The highest BCUT2D eigenvalue weighted by molar-refractivity contribution is 5.75. The molecule has 1 aromatic carbocycles. The molecule has 0 N–H and O–H groups in total. The van der Waals surface area contributed by atoms with Crippen molar-refractivity contribution in [2.24, 2.45) is 0 Å². The van der Waals surface area contributed by atoms with Crippen molar-refractivity contribution in [1.29, 1.82) is 0 Å². The first-order valence-corrected chi connectivity index (χ1v) is 4.60. The lowest BCUT2D eigenvalue weighted by atomic mass is 10.1. The van der Waals surface area contributed by atoms with Crippen LogP contribution in [0.4, 0.5) is 0 Å². The van der Waals surface area contributed by atoms with Crippen LogP contribution in [0, 0.1) is 6.92 Å². The molecule has 0 spiro atoms. The summed E-state index contributed by atoms with van der Waals surface area (Å²) >= 11 is 0. The monoisotopic (exact) mass is 192 g/mol. The minimum atomic E-state index is 0.177. The van der Waals surface area contributed by atoms with Gasteiger partial charge in [-0.1, -0.05) is 0 Å². The van der Waals surface area contributed by atoms with Gasteiger partial charge in [0.2, 0.25) is 0 Å². The summed E-state index contributed by atoms with van der Waals surface area (Å²) in [6, 6.07) is 5.41. The summed E-state index contributed by atoms with van der Waals surface area (Å²) in [6.45, 7) is 3.26. The van der Waals surface area contributed by atoms with E-state index in [4.69, 9.17) is 9.47 Å². The molecule has 0 aromatic heterocycles. The van der Waals surface area contributed by atoms with Crippen LogP contribution in [0.2, 0.25) is 0 Å². The van der Waals surface area contributed by atoms with Gasteiger partial charge in [0.15, 0.2) is 0 Å². The topological polar surface area (TPSA) is 35.5 Å². The molecule has 1 aromatic rings. The van der Waals surface area contributed by atoms with Crippen molar-refractivity contribution in [2.45, 2.75) is 13.0 Å². The van der Waals surface area contributed by atoms with E-state index < -0.39 is 0 Å². The maximum absolute atomic E-state index is 10.5. The van der Waals surface area contributed by atoms with E-state index in [0.29, 0.717) is 18.8 Å². The fourth-order valence-corrected chi connectivity index (χ4v) is 1.34. The van der Waals surface area contributed by atoms with Gasteiger partial charge >= 0.3 is 0 Å². The molecular formula is C11H12O3. The molecule has 0 radical (unpaired) electrons. The summed E-state index contributed by atoms with van der Waals surface area (Å²) < 4.78 is 10.7. The summed E-state index contributed by atoms with van der Waals surface area (Å²) in [5.74, 6) is 0.837. The number of rotatable bonds is 3. The van der Waals surface area contributed by atoms with Gasteiger partial charge in [-0.05, 0) is 30.7 Å². The summed E-state index contributed by atoms with van der Waals surface area (Å²) in [7, 11) is 0. The second-order valence-corrected chi connectivity index (χ2v) is 3.42. The third kappa shape index (κ3) is 1.77. The van der Waals surface area contributed by atoms with Crippen molar-refractivity contribution < 1.29 is 14.3 Å². The van der Waals surface area contributed by atoms with Crippen molar-refractivity contribution in [2.75, 3.05) is 13.2 Å². The number of carbonyl (C=O) groups is 1. The van der Waals surface area contributed by atoms with Crippen LogP contribution in [0.15, 0.2) is 18.2 Å². The zero-order chi connectivity index (χ0) is 9.97. The largest absolute Gasteiger partial charge is 0.485 e. The van der Waals surface area contributed by atoms with Crippen LogP contribution in [-0.4, -0.2) is 25.6 Å². The lowest BCUT2D eigenvalue weighted by Crippen LogP contribution is -2.38. The number of ether oxygens (including phenoxy) is 2. The van der Waals surface area contributed by atoms with Gasteiger partial charge in [0.25, 0.3) is 0 Å². The summed E-state index contributed by atoms with van der Waals surface area (Å²) in [5, 5.41) is 0. The third-order valence-corrected chi connectivity index (χ3v) is 2.24. The first-order valence-electron chi connectivity index (χ1n) is 4.60. The Balaban J connectivity index is 2.12. The van der Waals surface area contributed by atoms with Gasteiger partial charge in [-0.15, -0.1) is 0 Å². The molecule has 0 atom stereocenters. The third-order valence-electron chi connectivity index (χ3n) is 2.24. The van der Waals surface area contributed by atoms with E-state index in [1.165, 1.54) is 0 Å². The molecule has 0 aliphatic carbocycles. The summed E-state index contributed by atoms with van der Waals surface area (Å²) in [6.07, 6.45) is 1.01. The van der Waals surface area contributed by atoms with E-state index in [2.05, 4.69) is 0 Å². The predicted octanol–water partition coefficient (Wildman–Crippen LogP) is 1.59. The number of aryl methyl sites for hydroxylation is 1. The molecule has 1 aliphatic rings. The van der Waals surface area contributed by atoms with E-state index in [0.717, 1.165) is 17.6 Å². The second-order valence-electron chi connectivity index (χ2n) is 3.42. The van der Waals surface area contributed by atoms with E-state index in [1.807, 2.05) is 19.1 Å². The second kappa shape index (κ2) is 3.80. The normalized spacial score (nSPS) is 16.1. The van der Waals surface area contributed by atoms with Gasteiger partial charge in [-0.25, -0.2) is 0 Å². The fourth-order valence-electron chi connectivity index (χ4n) is 1.34. The van der Waals surface area contributed by atoms with Crippen LogP contribution in [0.5, 0.6) is 5.75 Å². The molecule has 2 rings (SSSR count). The Hall–Kier alpha value is -1.35. The van der Waals surface area contributed by atoms with Crippen LogP contribution >= 0.6 is 0 Å². The molecule has 0 saturated carbocycles. The van der Waals surface area contributed by atoms with Crippen molar-refractivity contribution in [3.8, 4) is 5.75 Å². The van der Waals surface area contributed by atoms with Gasteiger partial charge < -0.3 is 9.47 Å². The van der Waals surface area contributed by atoms with Gasteiger partial charge in [0.1, 0.15) is 18.1 Å². The molecule has 3 nitrogen and oxygen atoms in total. The zero-order valence-electron chi connectivity index (χ0n) is 8.03. The first-order chi connectivity index (χ1) is 6.79. The predicted molar refractivity (Wildman–Crippen MR) is 51.8 cm³/mol. The quantitative estimate of drug-likeness (QED) is 0.682. The minimum absolute atomic E-state index is 0.177. The lowest BCUT2D eigenvalue weighted by Gasteiger charge is -2.27. The highest BCUT2D eigenvalue weighted by Gasteiger charge is 2.20. The standard InChI is InChI=1S/C11H12O3/c1-8-4-9(5-12)2-3-11(8)14-10-6-13-7-10/h2-5,10H,6-7H2,1H3. The van der Waals surface area contributed by atoms with Gasteiger partial charge in [0, 0.05) is 5.56 Å². The Morgan fingerprint density at radius 3 is 2.79 bits per heavy atom. The zero-order valence-corrected chi connectivity index (χ0v) is 8.03.